The lowest BCUT2D eigenvalue weighted by Gasteiger charge is -2.20. The van der Waals surface area contributed by atoms with E-state index in [1.165, 1.54) is 7.11 Å². The van der Waals surface area contributed by atoms with Crippen LogP contribution in [-0.2, 0) is 19.2 Å². The number of carbonyl (C=O) groups is 2. The molecule has 120 valence electrons. The largest absolute Gasteiger partial charge is 0.480 e. The van der Waals surface area contributed by atoms with Crippen molar-refractivity contribution in [2.75, 3.05) is 7.11 Å². The van der Waals surface area contributed by atoms with E-state index in [1.807, 2.05) is 0 Å². The highest BCUT2D eigenvalue weighted by Crippen LogP contribution is 2.30. The minimum atomic E-state index is -1.11. The first kappa shape index (κ1) is 17.2. The molecule has 1 amide bonds. The number of rotatable bonds is 7. The zero-order valence-electron chi connectivity index (χ0n) is 12.1. The number of carbonyl (C=O) groups excluding carboxylic acids is 1. The molecule has 21 heavy (non-hydrogen) atoms. The lowest BCUT2D eigenvalue weighted by molar-refractivity contribution is -0.770. The van der Waals surface area contributed by atoms with Gasteiger partial charge in [-0.15, -0.1) is 10.1 Å². The summed E-state index contributed by atoms with van der Waals surface area (Å²) in [6.07, 6.45) is -1.00. The number of hydrogen-bond acceptors (Lipinski definition) is 6. The van der Waals surface area contributed by atoms with E-state index in [1.54, 1.807) is 13.8 Å². The van der Waals surface area contributed by atoms with Crippen molar-refractivity contribution in [2.24, 2.45) is 11.8 Å². The van der Waals surface area contributed by atoms with Crippen molar-refractivity contribution in [3.63, 3.8) is 0 Å². The predicted molar refractivity (Wildman–Crippen MR) is 69.8 cm³/mol. The van der Waals surface area contributed by atoms with Gasteiger partial charge < -0.3 is 20.0 Å². The Bertz CT molecular complexity index is 412. The molecule has 0 bridgehead atoms. The van der Waals surface area contributed by atoms with Crippen LogP contribution in [0.15, 0.2) is 0 Å². The van der Waals surface area contributed by atoms with Gasteiger partial charge in [-0.1, -0.05) is 13.8 Å². The minimum Gasteiger partial charge on any atom is -0.480 e. The van der Waals surface area contributed by atoms with Crippen molar-refractivity contribution in [3.8, 4) is 0 Å². The Kier molecular flexibility index (Phi) is 5.89. The molecule has 0 spiro atoms. The van der Waals surface area contributed by atoms with Crippen LogP contribution in [0.25, 0.3) is 0 Å². The molecular formula is C12H20N2O7. The van der Waals surface area contributed by atoms with Gasteiger partial charge in [-0.2, -0.15) is 0 Å². The second kappa shape index (κ2) is 7.21. The van der Waals surface area contributed by atoms with E-state index >= 15 is 0 Å². The summed E-state index contributed by atoms with van der Waals surface area (Å²) in [5, 5.41) is 21.0. The molecule has 1 aliphatic rings. The van der Waals surface area contributed by atoms with E-state index in [0.29, 0.717) is 0 Å². The van der Waals surface area contributed by atoms with Crippen LogP contribution in [0.1, 0.15) is 26.7 Å². The van der Waals surface area contributed by atoms with Crippen molar-refractivity contribution in [1.29, 1.82) is 0 Å². The Labute approximate surface area is 121 Å². The van der Waals surface area contributed by atoms with Crippen LogP contribution < -0.4 is 5.32 Å². The van der Waals surface area contributed by atoms with Crippen LogP contribution in [0, 0.1) is 22.0 Å². The van der Waals surface area contributed by atoms with Gasteiger partial charge in [0.15, 0.2) is 0 Å². The van der Waals surface area contributed by atoms with E-state index in [9.17, 15) is 19.7 Å². The number of carboxylic acids is 1. The van der Waals surface area contributed by atoms with Crippen molar-refractivity contribution in [3.05, 3.63) is 10.1 Å². The number of nitrogens with zero attached hydrogens (tertiary/aromatic N) is 1. The van der Waals surface area contributed by atoms with Gasteiger partial charge in [-0.25, -0.2) is 4.79 Å². The Balaban J connectivity index is 2.67. The molecule has 1 saturated carbocycles. The molecular weight excluding hydrogens is 284 g/mol. The van der Waals surface area contributed by atoms with E-state index in [2.05, 4.69) is 10.2 Å². The van der Waals surface area contributed by atoms with Crippen LogP contribution in [0.2, 0.25) is 0 Å². The van der Waals surface area contributed by atoms with Gasteiger partial charge in [0.1, 0.15) is 12.1 Å². The first-order valence-electron chi connectivity index (χ1n) is 6.63. The van der Waals surface area contributed by atoms with Gasteiger partial charge in [0.25, 0.3) is 5.09 Å². The van der Waals surface area contributed by atoms with E-state index < -0.39 is 41.1 Å². The second-order valence-corrected chi connectivity index (χ2v) is 5.38. The fourth-order valence-corrected chi connectivity index (χ4v) is 2.43. The maximum absolute atomic E-state index is 12.1. The number of amides is 1. The minimum absolute atomic E-state index is 0.121. The highest BCUT2D eigenvalue weighted by Gasteiger charge is 2.41. The molecule has 0 radical (unpaired) electrons. The highest BCUT2D eigenvalue weighted by atomic mass is 17.0. The molecule has 1 rings (SSSR count). The molecule has 2 unspecified atom stereocenters. The van der Waals surface area contributed by atoms with Crippen LogP contribution in [0.4, 0.5) is 0 Å². The summed E-state index contributed by atoms with van der Waals surface area (Å²) in [7, 11) is 1.38. The van der Waals surface area contributed by atoms with E-state index in [0.717, 1.165) is 0 Å². The highest BCUT2D eigenvalue weighted by molar-refractivity contribution is 5.85. The van der Waals surface area contributed by atoms with Gasteiger partial charge in [0.2, 0.25) is 5.91 Å². The molecule has 9 heteroatoms. The van der Waals surface area contributed by atoms with Crippen molar-refractivity contribution < 1.29 is 29.4 Å². The lowest BCUT2D eigenvalue weighted by atomic mass is 10.0. The van der Waals surface area contributed by atoms with Gasteiger partial charge in [0.05, 0.1) is 6.10 Å². The Morgan fingerprint density at radius 3 is 2.33 bits per heavy atom. The van der Waals surface area contributed by atoms with Crippen LogP contribution in [-0.4, -0.2) is 47.4 Å². The van der Waals surface area contributed by atoms with Gasteiger partial charge in [-0.05, 0) is 18.8 Å². The summed E-state index contributed by atoms with van der Waals surface area (Å²) in [5.41, 5.74) is 0. The molecule has 0 aliphatic heterocycles. The van der Waals surface area contributed by atoms with E-state index in [-0.39, 0.29) is 18.8 Å². The standard InChI is InChI=1S/C12H20N2O7/c1-6(2)10(12(16)17)13-11(15)7-4-8(20-3)9(5-7)21-14(18)19/h6-10H,4-5H2,1-3H3,(H,13,15)(H,16,17)/t7-,8?,9?,10+/m1/s1. The Morgan fingerprint density at radius 2 is 1.90 bits per heavy atom. The second-order valence-electron chi connectivity index (χ2n) is 5.38. The molecule has 1 aliphatic carbocycles. The SMILES string of the molecule is COC1C[C@@H](C(=O)N[C@H](C(=O)O)C(C)C)CC1O[N+](=O)[O-]. The number of aliphatic carboxylic acids is 1. The third-order valence-corrected chi connectivity index (χ3v) is 3.57. The molecule has 0 aromatic heterocycles. The third kappa shape index (κ3) is 4.55. The summed E-state index contributed by atoms with van der Waals surface area (Å²) in [4.78, 5) is 38.1. The maximum atomic E-state index is 12.1. The lowest BCUT2D eigenvalue weighted by Crippen LogP contribution is -2.46. The first-order chi connectivity index (χ1) is 9.76. The van der Waals surface area contributed by atoms with Crippen molar-refractivity contribution in [2.45, 2.75) is 44.9 Å². The molecule has 0 saturated heterocycles. The van der Waals surface area contributed by atoms with Gasteiger partial charge in [-0.3, -0.25) is 4.79 Å². The number of ether oxygens (including phenoxy) is 1. The van der Waals surface area contributed by atoms with Gasteiger partial charge >= 0.3 is 5.97 Å². The van der Waals surface area contributed by atoms with Crippen molar-refractivity contribution in [1.82, 2.24) is 5.32 Å². The molecule has 2 N–H and O–H groups in total. The number of nitrogens with one attached hydrogen (secondary N) is 1. The molecule has 1 fully saturated rings. The van der Waals surface area contributed by atoms with Crippen LogP contribution in [0.3, 0.4) is 0 Å². The molecule has 4 atom stereocenters. The monoisotopic (exact) mass is 304 g/mol. The number of hydrogen-bond donors (Lipinski definition) is 2. The zero-order valence-corrected chi connectivity index (χ0v) is 12.1. The van der Waals surface area contributed by atoms with Crippen LogP contribution >= 0.6 is 0 Å². The average Bonchev–Trinajstić information content (AvgIpc) is 2.77. The normalized spacial score (nSPS) is 26.4. The maximum Gasteiger partial charge on any atom is 0.326 e. The molecule has 0 aromatic rings. The number of carboxylic acid groups (broad SMARTS) is 1. The van der Waals surface area contributed by atoms with E-state index in [4.69, 9.17) is 9.84 Å². The summed E-state index contributed by atoms with van der Waals surface area (Å²) < 4.78 is 5.08. The smallest absolute Gasteiger partial charge is 0.326 e. The number of methoxy groups -OCH3 is 1. The first-order valence-corrected chi connectivity index (χ1v) is 6.63. The summed E-state index contributed by atoms with van der Waals surface area (Å²) in [6, 6.07) is -0.992. The predicted octanol–water partition coefficient (Wildman–Crippen LogP) is 0.214. The van der Waals surface area contributed by atoms with Gasteiger partial charge in [0, 0.05) is 13.0 Å². The summed E-state index contributed by atoms with van der Waals surface area (Å²) in [5.74, 6) is -2.40. The molecule has 0 heterocycles. The Hall–Kier alpha value is -1.90. The average molecular weight is 304 g/mol. The summed E-state index contributed by atoms with van der Waals surface area (Å²) in [6.45, 7) is 3.37. The van der Waals surface area contributed by atoms with Crippen molar-refractivity contribution >= 4 is 11.9 Å². The topological polar surface area (TPSA) is 128 Å². The van der Waals surface area contributed by atoms with Crippen LogP contribution in [0.5, 0.6) is 0 Å². The summed E-state index contributed by atoms with van der Waals surface area (Å²) >= 11 is 0. The molecule has 0 aromatic carbocycles. The Morgan fingerprint density at radius 1 is 1.33 bits per heavy atom. The third-order valence-electron chi connectivity index (χ3n) is 3.57. The molecule has 9 nitrogen and oxygen atoms in total. The fourth-order valence-electron chi connectivity index (χ4n) is 2.43. The fraction of sp³-hybridized carbons (Fsp3) is 0.833. The quantitative estimate of drug-likeness (QED) is 0.508. The zero-order chi connectivity index (χ0) is 16.2.